The first-order valence-corrected chi connectivity index (χ1v) is 11.0. The fourth-order valence-corrected chi connectivity index (χ4v) is 4.71. The molecule has 1 saturated carbocycles. The van der Waals surface area contributed by atoms with E-state index in [2.05, 4.69) is 63.7 Å². The molecule has 1 aromatic heterocycles. The Morgan fingerprint density at radius 3 is 2.45 bits per heavy atom. The van der Waals surface area contributed by atoms with E-state index < -0.39 is 0 Å². The third kappa shape index (κ3) is 3.85. The number of rotatable bonds is 6. The number of nitrogens with one attached hydrogen (secondary N) is 1. The van der Waals surface area contributed by atoms with Crippen molar-refractivity contribution in [2.45, 2.75) is 44.3 Å². The van der Waals surface area contributed by atoms with E-state index in [1.165, 1.54) is 24.0 Å². The Kier molecular flexibility index (Phi) is 5.28. The molecule has 1 unspecified atom stereocenters. The number of likely N-dealkylation sites (N-methyl/N-ethyl adjacent to an activating group) is 1. The number of benzene rings is 2. The summed E-state index contributed by atoms with van der Waals surface area (Å²) in [6.07, 6.45) is 8.06. The summed E-state index contributed by atoms with van der Waals surface area (Å²) in [6.45, 7) is 0. The molecule has 6 heteroatoms. The summed E-state index contributed by atoms with van der Waals surface area (Å²) in [7, 11) is 1.94. The predicted octanol–water partition coefficient (Wildman–Crippen LogP) is 4.53. The number of anilines is 4. The molecule has 2 heterocycles. The summed E-state index contributed by atoms with van der Waals surface area (Å²) >= 11 is 0. The van der Waals surface area contributed by atoms with Gasteiger partial charge in [0.05, 0.1) is 6.20 Å². The van der Waals surface area contributed by atoms with Gasteiger partial charge in [0.1, 0.15) is 5.69 Å². The minimum Gasteiger partial charge on any atom is -0.344 e. The fraction of sp³-hybridized carbons (Fsp3) is 0.320. The molecule has 6 nitrogen and oxygen atoms in total. The minimum atomic E-state index is -0.306. The van der Waals surface area contributed by atoms with Crippen molar-refractivity contribution in [3.8, 4) is 0 Å². The average molecular weight is 414 g/mol. The van der Waals surface area contributed by atoms with Crippen LogP contribution in [0.2, 0.25) is 0 Å². The van der Waals surface area contributed by atoms with Crippen molar-refractivity contribution < 1.29 is 4.79 Å². The van der Waals surface area contributed by atoms with Crippen LogP contribution >= 0.6 is 0 Å². The molecular formula is C25H27N5O. The monoisotopic (exact) mass is 413 g/mol. The molecule has 5 rings (SSSR count). The zero-order valence-corrected chi connectivity index (χ0v) is 17.7. The highest BCUT2D eigenvalue weighted by Gasteiger charge is 2.40. The Morgan fingerprint density at radius 2 is 1.74 bits per heavy atom. The van der Waals surface area contributed by atoms with Crippen molar-refractivity contribution in [1.29, 1.82) is 0 Å². The SMILES string of the molecule is CN1c2cnc(Nc3ccc(Cc4ccccc4)cc3)nc2N(C2CCCC2)C1C=O. The lowest BCUT2D eigenvalue weighted by molar-refractivity contribution is -0.108. The van der Waals surface area contributed by atoms with E-state index in [-0.39, 0.29) is 6.17 Å². The summed E-state index contributed by atoms with van der Waals surface area (Å²) in [6, 6.07) is 19.2. The molecule has 1 fully saturated rings. The standard InChI is InChI=1S/C25H27N5O/c1-29-22-16-26-25(28-24(22)30(23(29)17-31)21-9-5-6-10-21)27-20-13-11-19(12-14-20)15-18-7-3-2-4-8-18/h2-4,7-8,11-14,16-17,21,23H,5-6,9-10,15H2,1H3,(H,26,27,28). The number of hydrogen-bond acceptors (Lipinski definition) is 6. The maximum atomic E-state index is 11.8. The zero-order valence-electron chi connectivity index (χ0n) is 17.7. The molecule has 2 aromatic carbocycles. The van der Waals surface area contributed by atoms with Crippen molar-refractivity contribution >= 4 is 29.4 Å². The number of hydrogen-bond donors (Lipinski definition) is 1. The summed E-state index contributed by atoms with van der Waals surface area (Å²) < 4.78 is 0. The number of fused-ring (bicyclic) bond motifs is 1. The van der Waals surface area contributed by atoms with Crippen LogP contribution < -0.4 is 15.1 Å². The highest BCUT2D eigenvalue weighted by Crippen LogP contribution is 2.41. The predicted molar refractivity (Wildman–Crippen MR) is 124 cm³/mol. The quantitative estimate of drug-likeness (QED) is 0.599. The second-order valence-electron chi connectivity index (χ2n) is 8.39. The van der Waals surface area contributed by atoms with Gasteiger partial charge in [-0.2, -0.15) is 4.98 Å². The minimum absolute atomic E-state index is 0.306. The van der Waals surface area contributed by atoms with Crippen molar-refractivity contribution in [3.05, 3.63) is 71.9 Å². The molecular weight excluding hydrogens is 386 g/mol. The van der Waals surface area contributed by atoms with Crippen LogP contribution in [-0.4, -0.2) is 35.5 Å². The number of aldehydes is 1. The Hall–Kier alpha value is -3.41. The highest BCUT2D eigenvalue weighted by molar-refractivity contribution is 5.84. The van der Waals surface area contributed by atoms with E-state index in [9.17, 15) is 4.79 Å². The molecule has 1 aliphatic carbocycles. The molecule has 0 saturated heterocycles. The van der Waals surface area contributed by atoms with E-state index in [0.29, 0.717) is 12.0 Å². The van der Waals surface area contributed by atoms with Gasteiger partial charge >= 0.3 is 0 Å². The molecule has 2 aliphatic rings. The molecule has 31 heavy (non-hydrogen) atoms. The normalized spacial score (nSPS) is 18.3. The summed E-state index contributed by atoms with van der Waals surface area (Å²) in [5.41, 5.74) is 4.41. The molecule has 0 bridgehead atoms. The Balaban J connectivity index is 1.35. The molecule has 3 aromatic rings. The van der Waals surface area contributed by atoms with Gasteiger partial charge in [-0.1, -0.05) is 55.3 Å². The highest BCUT2D eigenvalue weighted by atomic mass is 16.1. The van der Waals surface area contributed by atoms with E-state index in [4.69, 9.17) is 4.98 Å². The maximum Gasteiger partial charge on any atom is 0.229 e. The Morgan fingerprint density at radius 1 is 1.03 bits per heavy atom. The Labute approximate surface area is 182 Å². The summed E-state index contributed by atoms with van der Waals surface area (Å²) in [5, 5.41) is 3.33. The molecule has 1 aliphatic heterocycles. The van der Waals surface area contributed by atoms with Gasteiger partial charge in [-0.25, -0.2) is 4.98 Å². The lowest BCUT2D eigenvalue weighted by Gasteiger charge is -2.30. The van der Waals surface area contributed by atoms with Crippen LogP contribution in [0.15, 0.2) is 60.8 Å². The van der Waals surface area contributed by atoms with E-state index >= 15 is 0 Å². The van der Waals surface area contributed by atoms with Crippen molar-refractivity contribution in [2.75, 3.05) is 22.2 Å². The van der Waals surface area contributed by atoms with Crippen molar-refractivity contribution in [1.82, 2.24) is 9.97 Å². The molecule has 0 radical (unpaired) electrons. The van der Waals surface area contributed by atoms with Gasteiger partial charge in [0.2, 0.25) is 5.95 Å². The lowest BCUT2D eigenvalue weighted by Crippen LogP contribution is -2.47. The van der Waals surface area contributed by atoms with Crippen LogP contribution in [-0.2, 0) is 11.2 Å². The van der Waals surface area contributed by atoms with Crippen LogP contribution in [0.4, 0.5) is 23.1 Å². The van der Waals surface area contributed by atoms with Crippen LogP contribution in [0.3, 0.4) is 0 Å². The number of nitrogens with zero attached hydrogens (tertiary/aromatic N) is 4. The van der Waals surface area contributed by atoms with Crippen molar-refractivity contribution in [2.24, 2.45) is 0 Å². The smallest absolute Gasteiger partial charge is 0.229 e. The maximum absolute atomic E-state index is 11.8. The van der Waals surface area contributed by atoms with Crippen LogP contribution in [0.5, 0.6) is 0 Å². The fourth-order valence-electron chi connectivity index (χ4n) is 4.71. The molecule has 0 amide bonds. The topological polar surface area (TPSA) is 61.4 Å². The number of aromatic nitrogens is 2. The van der Waals surface area contributed by atoms with Gasteiger partial charge in [0, 0.05) is 18.8 Å². The van der Waals surface area contributed by atoms with Gasteiger partial charge in [0.25, 0.3) is 0 Å². The van der Waals surface area contributed by atoms with E-state index in [1.54, 1.807) is 0 Å². The number of carbonyl (C=O) groups is 1. The second kappa shape index (κ2) is 8.38. The van der Waals surface area contributed by atoms with Crippen LogP contribution in [0.25, 0.3) is 0 Å². The van der Waals surface area contributed by atoms with Crippen LogP contribution in [0, 0.1) is 0 Å². The van der Waals surface area contributed by atoms with Gasteiger partial charge < -0.3 is 15.1 Å². The lowest BCUT2D eigenvalue weighted by atomic mass is 10.0. The van der Waals surface area contributed by atoms with Crippen LogP contribution in [0.1, 0.15) is 36.8 Å². The second-order valence-corrected chi connectivity index (χ2v) is 8.39. The third-order valence-corrected chi connectivity index (χ3v) is 6.36. The first-order valence-electron chi connectivity index (χ1n) is 11.0. The average Bonchev–Trinajstić information content (AvgIpc) is 3.42. The van der Waals surface area contributed by atoms with Gasteiger partial charge in [-0.05, 0) is 42.5 Å². The van der Waals surface area contributed by atoms with E-state index in [1.807, 2.05) is 24.2 Å². The zero-order chi connectivity index (χ0) is 21.2. The first-order chi connectivity index (χ1) is 15.2. The van der Waals surface area contributed by atoms with Gasteiger partial charge in [-0.3, -0.25) is 4.79 Å². The molecule has 1 N–H and O–H groups in total. The number of carbonyl (C=O) groups excluding carboxylic acids is 1. The van der Waals surface area contributed by atoms with Gasteiger partial charge in [0.15, 0.2) is 18.3 Å². The first kappa shape index (κ1) is 19.5. The Bertz CT molecular complexity index is 1050. The summed E-state index contributed by atoms with van der Waals surface area (Å²) in [4.78, 5) is 25.3. The molecule has 158 valence electrons. The van der Waals surface area contributed by atoms with Gasteiger partial charge in [-0.15, -0.1) is 0 Å². The molecule has 0 spiro atoms. The van der Waals surface area contributed by atoms with E-state index in [0.717, 1.165) is 42.7 Å². The molecule has 1 atom stereocenters. The van der Waals surface area contributed by atoms with Crippen molar-refractivity contribution in [3.63, 3.8) is 0 Å². The largest absolute Gasteiger partial charge is 0.344 e. The summed E-state index contributed by atoms with van der Waals surface area (Å²) in [5.74, 6) is 1.40. The third-order valence-electron chi connectivity index (χ3n) is 6.36.